The molecule has 1 aliphatic rings. The first kappa shape index (κ1) is 15.3. The van der Waals surface area contributed by atoms with Crippen LogP contribution in [0.3, 0.4) is 0 Å². The van der Waals surface area contributed by atoms with Gasteiger partial charge in [0.2, 0.25) is 0 Å². The molecule has 0 saturated carbocycles. The minimum atomic E-state index is -0.319. The molecule has 3 nitrogen and oxygen atoms in total. The van der Waals surface area contributed by atoms with Gasteiger partial charge in [0.15, 0.2) is 5.82 Å². The summed E-state index contributed by atoms with van der Waals surface area (Å²) >= 11 is 3.22. The fourth-order valence-corrected chi connectivity index (χ4v) is 3.51. The Morgan fingerprint density at radius 1 is 1.45 bits per heavy atom. The molecule has 1 aromatic carbocycles. The number of nitrogen functional groups attached to an aromatic ring is 1. The Kier molecular flexibility index (Phi) is 4.37. The largest absolute Gasteiger partial charge is 0.384 e. The normalized spacial score (nSPS) is 17.5. The Morgan fingerprint density at radius 2 is 2.10 bits per heavy atom. The summed E-state index contributed by atoms with van der Waals surface area (Å²) in [6, 6.07) is 3.45. The van der Waals surface area contributed by atoms with E-state index in [9.17, 15) is 4.39 Å². The van der Waals surface area contributed by atoms with Crippen LogP contribution in [-0.2, 0) is 0 Å². The number of benzene rings is 1. The van der Waals surface area contributed by atoms with Crippen LogP contribution >= 0.6 is 15.9 Å². The highest BCUT2D eigenvalue weighted by atomic mass is 79.9. The number of anilines is 1. The highest BCUT2D eigenvalue weighted by Gasteiger charge is 2.36. The van der Waals surface area contributed by atoms with Gasteiger partial charge in [0, 0.05) is 18.7 Å². The smallest absolute Gasteiger partial charge is 0.161 e. The lowest BCUT2D eigenvalue weighted by atomic mass is 9.82. The van der Waals surface area contributed by atoms with E-state index in [0.717, 1.165) is 32.4 Å². The molecule has 0 aliphatic carbocycles. The summed E-state index contributed by atoms with van der Waals surface area (Å²) in [6.07, 6.45) is 3.34. The maximum absolute atomic E-state index is 14.5. The zero-order valence-electron chi connectivity index (χ0n) is 12.0. The van der Waals surface area contributed by atoms with Crippen molar-refractivity contribution in [3.8, 4) is 0 Å². The monoisotopic (exact) mass is 341 g/mol. The number of halogens is 2. The van der Waals surface area contributed by atoms with Gasteiger partial charge in [-0.25, -0.2) is 4.39 Å². The molecule has 2 rings (SSSR count). The number of nitrogens with two attached hydrogens (primary N) is 1. The van der Waals surface area contributed by atoms with E-state index in [1.54, 1.807) is 12.1 Å². The third-order valence-electron chi connectivity index (χ3n) is 4.63. The lowest BCUT2D eigenvalue weighted by Gasteiger charge is -2.27. The highest BCUT2D eigenvalue weighted by Crippen LogP contribution is 2.40. The number of nitrogens with one attached hydrogen (secondary N) is 1. The highest BCUT2D eigenvalue weighted by molar-refractivity contribution is 9.10. The predicted molar refractivity (Wildman–Crippen MR) is 85.0 cm³/mol. The van der Waals surface area contributed by atoms with E-state index in [0.29, 0.717) is 16.7 Å². The van der Waals surface area contributed by atoms with E-state index in [1.165, 1.54) is 0 Å². The van der Waals surface area contributed by atoms with Crippen molar-refractivity contribution in [2.45, 2.75) is 33.1 Å². The van der Waals surface area contributed by atoms with Crippen molar-refractivity contribution < 1.29 is 4.39 Å². The molecule has 0 bridgehead atoms. The molecule has 0 atom stereocenters. The Morgan fingerprint density at radius 3 is 2.60 bits per heavy atom. The third-order valence-corrected chi connectivity index (χ3v) is 5.41. The molecule has 1 aliphatic heterocycles. The number of nitrogens with zero attached hydrogens (tertiary/aromatic N) is 1. The van der Waals surface area contributed by atoms with Gasteiger partial charge < -0.3 is 10.6 Å². The Hall–Kier alpha value is -1.10. The van der Waals surface area contributed by atoms with Crippen LogP contribution in [-0.4, -0.2) is 18.9 Å². The molecular formula is C15H21BrFN3. The summed E-state index contributed by atoms with van der Waals surface area (Å²) in [5.74, 6) is -0.444. The van der Waals surface area contributed by atoms with Gasteiger partial charge >= 0.3 is 0 Å². The second kappa shape index (κ2) is 5.72. The topological polar surface area (TPSA) is 53.1 Å². The summed E-state index contributed by atoms with van der Waals surface area (Å²) in [6.45, 7) is 6.18. The van der Waals surface area contributed by atoms with Crippen LogP contribution in [0.25, 0.3) is 0 Å². The lowest BCUT2D eigenvalue weighted by Crippen LogP contribution is -2.27. The van der Waals surface area contributed by atoms with E-state index < -0.39 is 0 Å². The minimum Gasteiger partial charge on any atom is -0.384 e. The average Bonchev–Trinajstić information content (AvgIpc) is 2.86. The third kappa shape index (κ3) is 2.55. The minimum absolute atomic E-state index is 0.125. The number of hydrogen-bond donors (Lipinski definition) is 2. The van der Waals surface area contributed by atoms with Crippen LogP contribution in [0, 0.1) is 16.6 Å². The van der Waals surface area contributed by atoms with Gasteiger partial charge in [0.1, 0.15) is 5.84 Å². The standard InChI is InChI=1S/C15H21BrFN3/c1-3-15(4-2)7-8-20(9-15)11-6-5-10(14(18)19)12(16)13(11)17/h5-6H,3-4,7-9H2,1-2H3,(H3,18,19). The van der Waals surface area contributed by atoms with Crippen LogP contribution in [0.4, 0.5) is 10.1 Å². The van der Waals surface area contributed by atoms with E-state index in [-0.39, 0.29) is 16.1 Å². The van der Waals surface area contributed by atoms with Crippen LogP contribution in [0.2, 0.25) is 0 Å². The molecule has 1 saturated heterocycles. The SMILES string of the molecule is CCC1(CC)CCN(c2ccc(C(=N)N)c(Br)c2F)C1. The quantitative estimate of drug-likeness (QED) is 0.644. The maximum atomic E-state index is 14.5. The molecule has 0 radical (unpaired) electrons. The maximum Gasteiger partial charge on any atom is 0.161 e. The summed E-state index contributed by atoms with van der Waals surface area (Å²) in [5.41, 5.74) is 6.76. The molecule has 1 heterocycles. The van der Waals surface area contributed by atoms with Crippen LogP contribution in [0.1, 0.15) is 38.7 Å². The van der Waals surface area contributed by atoms with Crippen molar-refractivity contribution in [1.29, 1.82) is 5.41 Å². The van der Waals surface area contributed by atoms with E-state index in [2.05, 4.69) is 34.7 Å². The van der Waals surface area contributed by atoms with Crippen molar-refractivity contribution in [1.82, 2.24) is 0 Å². The summed E-state index contributed by atoms with van der Waals surface area (Å²) in [7, 11) is 0. The fourth-order valence-electron chi connectivity index (χ4n) is 2.96. The van der Waals surface area contributed by atoms with Crippen LogP contribution in [0.5, 0.6) is 0 Å². The molecule has 20 heavy (non-hydrogen) atoms. The first-order valence-corrected chi connectivity index (χ1v) is 7.80. The van der Waals surface area contributed by atoms with Gasteiger partial charge in [0.05, 0.1) is 10.2 Å². The van der Waals surface area contributed by atoms with Gasteiger partial charge in [-0.2, -0.15) is 0 Å². The molecule has 110 valence electrons. The fraction of sp³-hybridized carbons (Fsp3) is 0.533. The summed E-state index contributed by atoms with van der Waals surface area (Å²) in [5, 5.41) is 7.44. The van der Waals surface area contributed by atoms with Gasteiger partial charge in [-0.1, -0.05) is 13.8 Å². The molecule has 0 aromatic heterocycles. The van der Waals surface area contributed by atoms with Crippen LogP contribution < -0.4 is 10.6 Å². The van der Waals surface area contributed by atoms with Gasteiger partial charge in [0.25, 0.3) is 0 Å². The Balaban J connectivity index is 2.32. The zero-order chi connectivity index (χ0) is 14.9. The Labute approximate surface area is 128 Å². The van der Waals surface area contributed by atoms with Crippen molar-refractivity contribution in [3.63, 3.8) is 0 Å². The van der Waals surface area contributed by atoms with Crippen molar-refractivity contribution >= 4 is 27.5 Å². The molecule has 0 spiro atoms. The second-order valence-electron chi connectivity index (χ2n) is 5.55. The van der Waals surface area contributed by atoms with Gasteiger partial charge in [-0.05, 0) is 52.7 Å². The number of hydrogen-bond acceptors (Lipinski definition) is 2. The van der Waals surface area contributed by atoms with Crippen molar-refractivity contribution in [2.75, 3.05) is 18.0 Å². The molecule has 1 fully saturated rings. The average molecular weight is 342 g/mol. The number of rotatable bonds is 4. The first-order chi connectivity index (χ1) is 9.44. The zero-order valence-corrected chi connectivity index (χ0v) is 13.6. The second-order valence-corrected chi connectivity index (χ2v) is 6.35. The molecule has 5 heteroatoms. The van der Waals surface area contributed by atoms with E-state index in [1.807, 2.05) is 0 Å². The van der Waals surface area contributed by atoms with E-state index >= 15 is 0 Å². The van der Waals surface area contributed by atoms with Crippen molar-refractivity contribution in [2.24, 2.45) is 11.1 Å². The van der Waals surface area contributed by atoms with Crippen LogP contribution in [0.15, 0.2) is 16.6 Å². The molecular weight excluding hydrogens is 321 g/mol. The molecule has 1 aromatic rings. The Bertz CT molecular complexity index is 526. The van der Waals surface area contributed by atoms with E-state index in [4.69, 9.17) is 11.1 Å². The van der Waals surface area contributed by atoms with Gasteiger partial charge in [-0.3, -0.25) is 5.41 Å². The summed E-state index contributed by atoms with van der Waals surface area (Å²) < 4.78 is 14.8. The van der Waals surface area contributed by atoms with Gasteiger partial charge in [-0.15, -0.1) is 0 Å². The first-order valence-electron chi connectivity index (χ1n) is 7.01. The lowest BCUT2D eigenvalue weighted by molar-refractivity contribution is 0.301. The molecule has 3 N–H and O–H groups in total. The van der Waals surface area contributed by atoms with Crippen molar-refractivity contribution in [3.05, 3.63) is 28.0 Å². The number of amidine groups is 1. The molecule has 0 unspecified atom stereocenters. The predicted octanol–water partition coefficient (Wildman–Crippen LogP) is 3.89. The summed E-state index contributed by atoms with van der Waals surface area (Å²) in [4.78, 5) is 2.11. The molecule has 0 amide bonds.